The van der Waals surface area contributed by atoms with Crippen LogP contribution in [0.1, 0.15) is 31.4 Å². The van der Waals surface area contributed by atoms with Gasteiger partial charge in [0.2, 0.25) is 0 Å². The number of fused-ring (bicyclic) bond motifs is 1. The van der Waals surface area contributed by atoms with E-state index in [1.807, 2.05) is 30.3 Å². The summed E-state index contributed by atoms with van der Waals surface area (Å²) >= 11 is 1.64. The van der Waals surface area contributed by atoms with E-state index >= 15 is 0 Å². The van der Waals surface area contributed by atoms with Gasteiger partial charge in [0.05, 0.1) is 22.4 Å². The van der Waals surface area contributed by atoms with Crippen molar-refractivity contribution in [3.63, 3.8) is 0 Å². The minimum atomic E-state index is -0.525. The van der Waals surface area contributed by atoms with E-state index in [2.05, 4.69) is 16.4 Å². The first-order chi connectivity index (χ1) is 11.2. The number of aliphatic hydroxyl groups is 1. The highest BCUT2D eigenvalue weighted by Crippen LogP contribution is 2.31. The van der Waals surface area contributed by atoms with Crippen molar-refractivity contribution in [3.05, 3.63) is 42.2 Å². The van der Waals surface area contributed by atoms with E-state index in [4.69, 9.17) is 4.42 Å². The maximum atomic E-state index is 10.3. The zero-order valence-corrected chi connectivity index (χ0v) is 13.7. The molecule has 0 radical (unpaired) electrons. The molecule has 1 saturated carbocycles. The molecular weight excluding hydrogens is 308 g/mol. The van der Waals surface area contributed by atoms with Gasteiger partial charge in [-0.15, -0.1) is 11.3 Å². The van der Waals surface area contributed by atoms with Crippen LogP contribution in [0, 0.1) is 0 Å². The van der Waals surface area contributed by atoms with Crippen molar-refractivity contribution < 1.29 is 9.52 Å². The van der Waals surface area contributed by atoms with Gasteiger partial charge in [0, 0.05) is 6.54 Å². The van der Waals surface area contributed by atoms with Crippen LogP contribution in [-0.2, 0) is 6.54 Å². The summed E-state index contributed by atoms with van der Waals surface area (Å²) in [4.78, 5) is 4.61. The summed E-state index contributed by atoms with van der Waals surface area (Å²) in [6.07, 6.45) is 4.05. The van der Waals surface area contributed by atoms with Crippen LogP contribution < -0.4 is 5.32 Å². The van der Waals surface area contributed by atoms with Gasteiger partial charge in [-0.2, -0.15) is 0 Å². The summed E-state index contributed by atoms with van der Waals surface area (Å²) in [7, 11) is 0. The molecule has 0 aliphatic heterocycles. The number of hydrogen-bond donors (Lipinski definition) is 2. The van der Waals surface area contributed by atoms with E-state index in [0.717, 1.165) is 47.7 Å². The highest BCUT2D eigenvalue weighted by molar-refractivity contribution is 7.21. The van der Waals surface area contributed by atoms with Crippen molar-refractivity contribution in [3.8, 4) is 10.8 Å². The molecule has 0 saturated heterocycles. The molecule has 2 heterocycles. The monoisotopic (exact) mass is 328 g/mol. The third-order valence-electron chi connectivity index (χ3n) is 4.45. The van der Waals surface area contributed by atoms with Crippen LogP contribution in [0.5, 0.6) is 0 Å². The van der Waals surface area contributed by atoms with Crippen molar-refractivity contribution in [2.45, 2.75) is 37.8 Å². The maximum Gasteiger partial charge on any atom is 0.163 e. The first kappa shape index (κ1) is 14.9. The van der Waals surface area contributed by atoms with E-state index < -0.39 is 5.60 Å². The lowest BCUT2D eigenvalue weighted by atomic mass is 10.0. The van der Waals surface area contributed by atoms with E-state index in [0.29, 0.717) is 13.1 Å². The largest absolute Gasteiger partial charge is 0.457 e. The minimum absolute atomic E-state index is 0.525. The summed E-state index contributed by atoms with van der Waals surface area (Å²) in [5.74, 6) is 1.68. The highest BCUT2D eigenvalue weighted by Gasteiger charge is 2.30. The van der Waals surface area contributed by atoms with Crippen molar-refractivity contribution in [1.29, 1.82) is 0 Å². The number of hydrogen-bond acceptors (Lipinski definition) is 5. The second-order valence-corrected chi connectivity index (χ2v) is 7.32. The molecule has 2 aromatic heterocycles. The van der Waals surface area contributed by atoms with Gasteiger partial charge in [-0.1, -0.05) is 25.0 Å². The molecule has 3 aromatic rings. The van der Waals surface area contributed by atoms with Gasteiger partial charge in [-0.05, 0) is 37.1 Å². The molecule has 1 aliphatic rings. The molecule has 1 fully saturated rings. The van der Waals surface area contributed by atoms with Gasteiger partial charge in [0.1, 0.15) is 5.76 Å². The minimum Gasteiger partial charge on any atom is -0.457 e. The Morgan fingerprint density at radius 3 is 2.83 bits per heavy atom. The summed E-state index contributed by atoms with van der Waals surface area (Å²) in [6, 6.07) is 12.1. The smallest absolute Gasteiger partial charge is 0.163 e. The van der Waals surface area contributed by atoms with Gasteiger partial charge >= 0.3 is 0 Å². The number of rotatable bonds is 5. The lowest BCUT2D eigenvalue weighted by molar-refractivity contribution is 0.0471. The second-order valence-electron chi connectivity index (χ2n) is 6.29. The Hall–Kier alpha value is -1.69. The number of benzene rings is 1. The standard InChI is InChI=1S/C18H20N2O2S/c21-18(9-3-4-10-18)12-19-11-13-7-8-15(22-13)17-20-14-5-1-2-6-16(14)23-17/h1-2,5-8,19,21H,3-4,9-12H2. The molecule has 0 atom stereocenters. The average molecular weight is 328 g/mol. The van der Waals surface area contributed by atoms with E-state index in [1.54, 1.807) is 11.3 Å². The number of aromatic nitrogens is 1. The fourth-order valence-electron chi connectivity index (χ4n) is 3.19. The van der Waals surface area contributed by atoms with E-state index in [9.17, 15) is 5.11 Å². The molecule has 2 N–H and O–H groups in total. The maximum absolute atomic E-state index is 10.3. The van der Waals surface area contributed by atoms with Gasteiger partial charge in [-0.3, -0.25) is 0 Å². The molecular formula is C18H20N2O2S. The van der Waals surface area contributed by atoms with Crippen molar-refractivity contribution in [2.24, 2.45) is 0 Å². The molecule has 120 valence electrons. The normalized spacial score (nSPS) is 17.1. The number of nitrogens with zero attached hydrogens (tertiary/aromatic N) is 1. The number of para-hydroxylation sites is 1. The average Bonchev–Trinajstić information content (AvgIpc) is 3.26. The summed E-state index contributed by atoms with van der Waals surface area (Å²) in [5, 5.41) is 14.6. The Morgan fingerprint density at radius 2 is 2.00 bits per heavy atom. The second kappa shape index (κ2) is 6.07. The zero-order chi connectivity index (χ0) is 15.7. The molecule has 0 unspecified atom stereocenters. The SMILES string of the molecule is OC1(CNCc2ccc(-c3nc4ccccc4s3)o2)CCCC1. The Balaban J connectivity index is 1.42. The number of nitrogens with one attached hydrogen (secondary N) is 1. The highest BCUT2D eigenvalue weighted by atomic mass is 32.1. The van der Waals surface area contributed by atoms with Gasteiger partial charge in [0.25, 0.3) is 0 Å². The quantitative estimate of drug-likeness (QED) is 0.744. The summed E-state index contributed by atoms with van der Waals surface area (Å²) in [5.41, 5.74) is 0.481. The third kappa shape index (κ3) is 3.17. The Kier molecular flexibility index (Phi) is 3.93. The number of furan rings is 1. The predicted octanol–water partition coefficient (Wildman–Crippen LogP) is 3.95. The van der Waals surface area contributed by atoms with Crippen molar-refractivity contribution >= 4 is 21.6 Å². The molecule has 1 aliphatic carbocycles. The Morgan fingerprint density at radius 1 is 1.17 bits per heavy atom. The van der Waals surface area contributed by atoms with Crippen LogP contribution in [0.25, 0.3) is 21.0 Å². The molecule has 1 aromatic carbocycles. The van der Waals surface area contributed by atoms with Crippen LogP contribution in [-0.4, -0.2) is 22.2 Å². The van der Waals surface area contributed by atoms with Crippen molar-refractivity contribution in [1.82, 2.24) is 10.3 Å². The van der Waals surface area contributed by atoms with Crippen LogP contribution in [0.4, 0.5) is 0 Å². The molecule has 0 bridgehead atoms. The van der Waals surface area contributed by atoms with Gasteiger partial charge in [0.15, 0.2) is 10.8 Å². The van der Waals surface area contributed by atoms with E-state index in [1.165, 1.54) is 4.70 Å². The fraction of sp³-hybridized carbons (Fsp3) is 0.389. The van der Waals surface area contributed by atoms with Gasteiger partial charge < -0.3 is 14.8 Å². The molecule has 0 amide bonds. The zero-order valence-electron chi connectivity index (χ0n) is 12.9. The Bertz CT molecular complexity index is 769. The lowest BCUT2D eigenvalue weighted by Crippen LogP contribution is -2.37. The predicted molar refractivity (Wildman–Crippen MR) is 92.4 cm³/mol. The van der Waals surface area contributed by atoms with E-state index in [-0.39, 0.29) is 0 Å². The number of thiazole rings is 1. The molecule has 0 spiro atoms. The topological polar surface area (TPSA) is 58.3 Å². The summed E-state index contributed by atoms with van der Waals surface area (Å²) in [6.45, 7) is 1.26. The Labute approximate surface area is 139 Å². The molecule has 4 rings (SSSR count). The van der Waals surface area contributed by atoms with Crippen LogP contribution in [0.15, 0.2) is 40.8 Å². The molecule has 5 heteroatoms. The lowest BCUT2D eigenvalue weighted by Gasteiger charge is -2.22. The van der Waals surface area contributed by atoms with Crippen LogP contribution >= 0.6 is 11.3 Å². The van der Waals surface area contributed by atoms with Gasteiger partial charge in [-0.25, -0.2) is 4.98 Å². The first-order valence-corrected chi connectivity index (χ1v) is 8.91. The van der Waals surface area contributed by atoms with Crippen molar-refractivity contribution in [2.75, 3.05) is 6.54 Å². The summed E-state index contributed by atoms with van der Waals surface area (Å²) < 4.78 is 7.07. The fourth-order valence-corrected chi connectivity index (χ4v) is 4.12. The van der Waals surface area contributed by atoms with Crippen LogP contribution in [0.2, 0.25) is 0 Å². The molecule has 4 nitrogen and oxygen atoms in total. The van der Waals surface area contributed by atoms with Crippen LogP contribution in [0.3, 0.4) is 0 Å². The third-order valence-corrected chi connectivity index (χ3v) is 5.50. The molecule has 23 heavy (non-hydrogen) atoms. The first-order valence-electron chi connectivity index (χ1n) is 8.10.